The van der Waals surface area contributed by atoms with Crippen LogP contribution in [0, 0.1) is 0 Å². The maximum atomic E-state index is 11.0. The smallest absolute Gasteiger partial charge is 0.200 e. The van der Waals surface area contributed by atoms with Crippen LogP contribution in [-0.4, -0.2) is 27.0 Å². The molecule has 7 heteroatoms. The van der Waals surface area contributed by atoms with Crippen molar-refractivity contribution < 1.29 is 13.2 Å². The lowest BCUT2D eigenvalue weighted by atomic mass is 10.4. The topological polar surface area (TPSA) is 78.0 Å². The summed E-state index contributed by atoms with van der Waals surface area (Å²) in [4.78, 5) is 7.44. The minimum absolute atomic E-state index is 0.0595. The van der Waals surface area contributed by atoms with Crippen LogP contribution >= 0.6 is 0 Å². The molecule has 0 saturated heterocycles. The van der Waals surface area contributed by atoms with E-state index in [-0.39, 0.29) is 5.03 Å². The Bertz CT molecular complexity index is 706. The minimum atomic E-state index is -2.31. The normalized spacial score (nSPS) is 14.2. The van der Waals surface area contributed by atoms with Crippen molar-refractivity contribution in [2.75, 3.05) is 0 Å². The second-order valence-electron chi connectivity index (χ2n) is 7.22. The first-order chi connectivity index (χ1) is 11.2. The summed E-state index contributed by atoms with van der Waals surface area (Å²) in [5, 5.41) is 0.0595. The molecule has 5 nitrogen and oxygen atoms in total. The molecule has 1 atom stereocenters. The summed E-state index contributed by atoms with van der Waals surface area (Å²) >= 11 is -2.31. The number of fused-ring (bicyclic) bond motifs is 1. The Morgan fingerprint density at radius 3 is 2.25 bits per heavy atom. The molecule has 134 valence electrons. The Morgan fingerprint density at radius 2 is 1.75 bits per heavy atom. The highest BCUT2D eigenvalue weighted by atomic mass is 32.2. The van der Waals surface area contributed by atoms with Crippen LogP contribution in [0.5, 0.6) is 0 Å². The number of aromatic nitrogens is 2. The maximum Gasteiger partial charge on any atom is 0.200 e. The second-order valence-corrected chi connectivity index (χ2v) is 13.6. The molecule has 2 aromatic heterocycles. The number of rotatable bonds is 7. The lowest BCUT2D eigenvalue weighted by Crippen LogP contribution is -2.47. The molecule has 0 spiro atoms. The molecule has 2 aromatic rings. The highest BCUT2D eigenvalue weighted by Crippen LogP contribution is 2.42. The van der Waals surface area contributed by atoms with Gasteiger partial charge < -0.3 is 14.0 Å². The Hall–Kier alpha value is -1.02. The largest absolute Gasteiger partial charge is 0.767 e. The SMILES string of the molecule is CC(C)[Si](OCc1cc2nc(S(=O)[O-])ccc2[nH]1)(C(C)C)C(C)C. The van der Waals surface area contributed by atoms with Crippen molar-refractivity contribution in [3.05, 3.63) is 23.9 Å². The predicted octanol–water partition coefficient (Wildman–Crippen LogP) is 4.49. The molecule has 1 unspecified atom stereocenters. The van der Waals surface area contributed by atoms with Gasteiger partial charge in [-0.25, -0.2) is 4.98 Å². The van der Waals surface area contributed by atoms with E-state index in [1.165, 1.54) is 6.07 Å². The summed E-state index contributed by atoms with van der Waals surface area (Å²) in [5.41, 5.74) is 3.98. The zero-order valence-electron chi connectivity index (χ0n) is 15.3. The van der Waals surface area contributed by atoms with Gasteiger partial charge in [-0.05, 0) is 45.9 Å². The summed E-state index contributed by atoms with van der Waals surface area (Å²) in [6.45, 7) is 14.1. The summed E-state index contributed by atoms with van der Waals surface area (Å²) in [7, 11) is -1.93. The fraction of sp³-hybridized carbons (Fsp3) is 0.588. The van der Waals surface area contributed by atoms with E-state index in [0.29, 0.717) is 28.7 Å². The number of H-pyrrole nitrogens is 1. The molecule has 1 N–H and O–H groups in total. The van der Waals surface area contributed by atoms with Gasteiger partial charge in [-0.3, -0.25) is 4.21 Å². The van der Waals surface area contributed by atoms with Crippen molar-refractivity contribution in [1.82, 2.24) is 9.97 Å². The zero-order chi connectivity index (χ0) is 18.1. The molecule has 0 saturated carbocycles. The van der Waals surface area contributed by atoms with Gasteiger partial charge in [0.25, 0.3) is 0 Å². The van der Waals surface area contributed by atoms with Crippen molar-refractivity contribution in [2.45, 2.75) is 69.8 Å². The zero-order valence-corrected chi connectivity index (χ0v) is 17.1. The third kappa shape index (κ3) is 3.64. The average molecular weight is 368 g/mol. The lowest BCUT2D eigenvalue weighted by Gasteiger charge is -2.42. The van der Waals surface area contributed by atoms with Crippen LogP contribution in [0.4, 0.5) is 0 Å². The third-order valence-corrected chi connectivity index (χ3v) is 11.5. The minimum Gasteiger partial charge on any atom is -0.767 e. The Kier molecular flexibility index (Phi) is 6.01. The summed E-state index contributed by atoms with van der Waals surface area (Å²) in [5.74, 6) is 0. The van der Waals surface area contributed by atoms with Crippen LogP contribution in [0.3, 0.4) is 0 Å². The van der Waals surface area contributed by atoms with Gasteiger partial charge in [0.1, 0.15) is 5.03 Å². The molecule has 24 heavy (non-hydrogen) atoms. The van der Waals surface area contributed by atoms with Crippen LogP contribution in [-0.2, 0) is 22.1 Å². The molecular weight excluding hydrogens is 340 g/mol. The van der Waals surface area contributed by atoms with E-state index in [1.54, 1.807) is 6.07 Å². The van der Waals surface area contributed by atoms with E-state index in [9.17, 15) is 8.76 Å². The molecule has 2 rings (SSSR count). The van der Waals surface area contributed by atoms with Gasteiger partial charge in [0.05, 0.1) is 17.6 Å². The van der Waals surface area contributed by atoms with Crippen molar-refractivity contribution in [3.63, 3.8) is 0 Å². The van der Waals surface area contributed by atoms with E-state index in [4.69, 9.17) is 4.43 Å². The molecule has 0 aliphatic heterocycles. The highest BCUT2D eigenvalue weighted by Gasteiger charge is 2.45. The van der Waals surface area contributed by atoms with Gasteiger partial charge in [-0.1, -0.05) is 41.5 Å². The van der Waals surface area contributed by atoms with Crippen molar-refractivity contribution in [3.8, 4) is 0 Å². The van der Waals surface area contributed by atoms with Crippen LogP contribution in [0.1, 0.15) is 47.2 Å². The lowest BCUT2D eigenvalue weighted by molar-refractivity contribution is 0.262. The van der Waals surface area contributed by atoms with Crippen LogP contribution in [0.15, 0.2) is 23.2 Å². The fourth-order valence-corrected chi connectivity index (χ4v) is 9.68. The number of pyridine rings is 1. The van der Waals surface area contributed by atoms with Gasteiger partial charge in [0, 0.05) is 5.69 Å². The molecule has 0 aliphatic carbocycles. The molecule has 2 heterocycles. The van der Waals surface area contributed by atoms with E-state index in [1.807, 2.05) is 6.07 Å². The van der Waals surface area contributed by atoms with Gasteiger partial charge in [0.2, 0.25) is 8.32 Å². The average Bonchev–Trinajstić information content (AvgIpc) is 2.88. The van der Waals surface area contributed by atoms with Crippen LogP contribution < -0.4 is 0 Å². The first-order valence-corrected chi connectivity index (χ1v) is 11.6. The molecule has 0 radical (unpaired) electrons. The van der Waals surface area contributed by atoms with Gasteiger partial charge >= 0.3 is 0 Å². The van der Waals surface area contributed by atoms with E-state index in [0.717, 1.165) is 11.2 Å². The molecule has 0 aromatic carbocycles. The molecule has 0 amide bonds. The van der Waals surface area contributed by atoms with E-state index >= 15 is 0 Å². The summed E-state index contributed by atoms with van der Waals surface area (Å²) < 4.78 is 28.6. The Morgan fingerprint density at radius 1 is 1.17 bits per heavy atom. The van der Waals surface area contributed by atoms with Gasteiger partial charge in [0.15, 0.2) is 0 Å². The standard InChI is InChI=1S/C17H28N2O3SSi/c1-11(2)24(12(3)4,13(5)6)22-10-14-9-16-15(18-14)7-8-17(19-16)23(20)21/h7-9,11-13,18H,10H2,1-6H3,(H,20,21)/p-1. The maximum absolute atomic E-state index is 11.0. The molecule has 0 aliphatic rings. The third-order valence-electron chi connectivity index (χ3n) is 4.86. The number of nitrogens with zero attached hydrogens (tertiary/aromatic N) is 1. The molecule has 0 bridgehead atoms. The fourth-order valence-electron chi connectivity index (χ4n) is 3.92. The number of hydrogen-bond donors (Lipinski definition) is 1. The van der Waals surface area contributed by atoms with Gasteiger partial charge in [-0.2, -0.15) is 0 Å². The van der Waals surface area contributed by atoms with E-state index in [2.05, 4.69) is 51.5 Å². The van der Waals surface area contributed by atoms with Crippen LogP contribution in [0.25, 0.3) is 11.0 Å². The summed E-state index contributed by atoms with van der Waals surface area (Å²) in [6.07, 6.45) is 0. The summed E-state index contributed by atoms with van der Waals surface area (Å²) in [6, 6.07) is 5.13. The number of hydrogen-bond acceptors (Lipinski definition) is 4. The van der Waals surface area contributed by atoms with Crippen molar-refractivity contribution in [1.29, 1.82) is 0 Å². The van der Waals surface area contributed by atoms with Crippen molar-refractivity contribution >= 4 is 30.4 Å². The first-order valence-electron chi connectivity index (χ1n) is 8.40. The van der Waals surface area contributed by atoms with Crippen LogP contribution in [0.2, 0.25) is 16.6 Å². The Balaban J connectivity index is 2.26. The Labute approximate surface area is 147 Å². The van der Waals surface area contributed by atoms with Crippen molar-refractivity contribution in [2.24, 2.45) is 0 Å². The molecule has 0 fully saturated rings. The second kappa shape index (κ2) is 7.47. The highest BCUT2D eigenvalue weighted by molar-refractivity contribution is 7.79. The first kappa shape index (κ1) is 19.3. The number of nitrogens with one attached hydrogen (secondary N) is 1. The van der Waals surface area contributed by atoms with Gasteiger partial charge in [-0.15, -0.1) is 0 Å². The number of aromatic amines is 1. The quantitative estimate of drug-likeness (QED) is 0.577. The monoisotopic (exact) mass is 367 g/mol. The van der Waals surface area contributed by atoms with E-state index < -0.39 is 19.4 Å². The predicted molar refractivity (Wildman–Crippen MR) is 99.1 cm³/mol. The molecular formula is C17H27N2O3SSi-.